The van der Waals surface area contributed by atoms with Crippen LogP contribution in [-0.2, 0) is 23.1 Å². The molecule has 2 aromatic rings. The molecule has 1 aromatic carbocycles. The van der Waals surface area contributed by atoms with E-state index in [0.29, 0.717) is 23.0 Å². The molecule has 0 bridgehead atoms. The van der Waals surface area contributed by atoms with Gasteiger partial charge in [-0.15, -0.1) is 0 Å². The Hall–Kier alpha value is -1.48. The zero-order valence-corrected chi connectivity index (χ0v) is 13.2. The van der Waals surface area contributed by atoms with Crippen LogP contribution in [0.25, 0.3) is 0 Å². The second-order valence-electron chi connectivity index (χ2n) is 4.48. The average molecular weight is 330 g/mol. The lowest BCUT2D eigenvalue weighted by Crippen LogP contribution is -2.25. The van der Waals surface area contributed by atoms with Crippen LogP contribution >= 0.6 is 11.6 Å². The minimum atomic E-state index is -3.68. The number of hydrogen-bond donors (Lipinski definition) is 3. The van der Waals surface area contributed by atoms with E-state index in [9.17, 15) is 8.42 Å². The van der Waals surface area contributed by atoms with Crippen LogP contribution in [0.1, 0.15) is 17.0 Å². The van der Waals surface area contributed by atoms with E-state index in [-0.39, 0.29) is 11.4 Å². The summed E-state index contributed by atoms with van der Waals surface area (Å²) in [5.41, 5.74) is 1.50. The lowest BCUT2D eigenvalue weighted by Gasteiger charge is -2.13. The van der Waals surface area contributed by atoms with Crippen molar-refractivity contribution in [3.63, 3.8) is 0 Å². The zero-order chi connectivity index (χ0) is 15.5. The first-order valence-corrected chi connectivity index (χ1v) is 8.07. The van der Waals surface area contributed by atoms with Gasteiger partial charge >= 0.3 is 0 Å². The number of aromatic nitrogens is 3. The molecule has 114 valence electrons. The molecule has 0 saturated carbocycles. The van der Waals surface area contributed by atoms with Gasteiger partial charge in [0.2, 0.25) is 10.0 Å². The van der Waals surface area contributed by atoms with Crippen LogP contribution in [0.15, 0.2) is 23.4 Å². The van der Waals surface area contributed by atoms with Crippen LogP contribution < -0.4 is 10.0 Å². The van der Waals surface area contributed by atoms with Crippen molar-refractivity contribution in [1.29, 1.82) is 0 Å². The molecule has 2 rings (SSSR count). The fraction of sp³-hybridized carbons (Fsp3) is 0.333. The highest BCUT2D eigenvalue weighted by molar-refractivity contribution is 7.89. The van der Waals surface area contributed by atoms with Crippen LogP contribution in [-0.4, -0.2) is 30.6 Å². The fourth-order valence-electron chi connectivity index (χ4n) is 1.92. The van der Waals surface area contributed by atoms with Gasteiger partial charge in [0.05, 0.1) is 11.4 Å². The molecule has 0 atom stereocenters. The minimum absolute atomic E-state index is 0.0373. The molecule has 0 fully saturated rings. The van der Waals surface area contributed by atoms with Gasteiger partial charge in [-0.3, -0.25) is 5.10 Å². The number of rotatable bonds is 6. The Kier molecular flexibility index (Phi) is 4.94. The monoisotopic (exact) mass is 329 g/mol. The number of benzene rings is 1. The molecule has 0 spiro atoms. The highest BCUT2D eigenvalue weighted by atomic mass is 35.5. The highest BCUT2D eigenvalue weighted by Crippen LogP contribution is 2.24. The topological polar surface area (TPSA) is 99.8 Å². The fourth-order valence-corrected chi connectivity index (χ4v) is 3.52. The summed E-state index contributed by atoms with van der Waals surface area (Å²) in [6, 6.07) is 3.20. The molecule has 0 aliphatic rings. The van der Waals surface area contributed by atoms with Crippen molar-refractivity contribution in [2.75, 3.05) is 7.05 Å². The van der Waals surface area contributed by atoms with Crippen molar-refractivity contribution >= 4 is 21.6 Å². The Morgan fingerprint density at radius 3 is 2.71 bits per heavy atom. The number of aromatic amines is 1. The van der Waals surface area contributed by atoms with Gasteiger partial charge in [-0.25, -0.2) is 18.1 Å². The molecule has 0 aliphatic heterocycles. The van der Waals surface area contributed by atoms with E-state index in [0.717, 1.165) is 5.56 Å². The van der Waals surface area contributed by atoms with Crippen LogP contribution in [0, 0.1) is 6.92 Å². The van der Waals surface area contributed by atoms with Crippen LogP contribution in [0.5, 0.6) is 0 Å². The predicted molar refractivity (Wildman–Crippen MR) is 79.4 cm³/mol. The number of nitrogens with one attached hydrogen (secondary N) is 3. The summed E-state index contributed by atoms with van der Waals surface area (Å²) in [7, 11) is -1.89. The smallest absolute Gasteiger partial charge is 0.241 e. The van der Waals surface area contributed by atoms with Crippen molar-refractivity contribution in [3.05, 3.63) is 40.4 Å². The van der Waals surface area contributed by atoms with E-state index in [1.165, 1.54) is 12.4 Å². The first kappa shape index (κ1) is 15.9. The lowest BCUT2D eigenvalue weighted by molar-refractivity contribution is 0.578. The third-order valence-corrected chi connectivity index (χ3v) is 4.73. The summed E-state index contributed by atoms with van der Waals surface area (Å²) in [4.78, 5) is 4.04. The third kappa shape index (κ3) is 3.79. The summed E-state index contributed by atoms with van der Waals surface area (Å²) >= 11 is 6.01. The van der Waals surface area contributed by atoms with E-state index in [4.69, 9.17) is 11.6 Å². The molecule has 0 aliphatic carbocycles. The standard InChI is InChI=1S/C12H16ClN5O2S/c1-8-9(5-14-2)3-10(13)4-11(8)21(19,20)17-6-12-15-7-16-18-12/h3-4,7,14,17H,5-6H2,1-2H3,(H,15,16,18). The summed E-state index contributed by atoms with van der Waals surface area (Å²) < 4.78 is 27.3. The van der Waals surface area contributed by atoms with Gasteiger partial charge in [0, 0.05) is 11.6 Å². The van der Waals surface area contributed by atoms with Gasteiger partial charge in [-0.1, -0.05) is 11.6 Å². The average Bonchev–Trinajstić information content (AvgIpc) is 2.94. The quantitative estimate of drug-likeness (QED) is 0.733. The summed E-state index contributed by atoms with van der Waals surface area (Å²) in [5.74, 6) is 0.439. The van der Waals surface area contributed by atoms with Gasteiger partial charge in [0.15, 0.2) is 0 Å². The Bertz CT molecular complexity index is 715. The molecular weight excluding hydrogens is 314 g/mol. The van der Waals surface area contributed by atoms with Crippen LogP contribution in [0.3, 0.4) is 0 Å². The Balaban J connectivity index is 2.30. The lowest BCUT2D eigenvalue weighted by atomic mass is 10.1. The second-order valence-corrected chi connectivity index (χ2v) is 6.65. The van der Waals surface area contributed by atoms with Crippen molar-refractivity contribution in [1.82, 2.24) is 25.2 Å². The van der Waals surface area contributed by atoms with Gasteiger partial charge in [0.25, 0.3) is 0 Å². The largest absolute Gasteiger partial charge is 0.316 e. The maximum absolute atomic E-state index is 12.4. The van der Waals surface area contributed by atoms with Gasteiger partial charge in [0.1, 0.15) is 12.2 Å². The van der Waals surface area contributed by atoms with E-state index in [1.54, 1.807) is 20.0 Å². The first-order valence-electron chi connectivity index (χ1n) is 6.21. The molecule has 7 nitrogen and oxygen atoms in total. The zero-order valence-electron chi connectivity index (χ0n) is 11.6. The van der Waals surface area contributed by atoms with Crippen LogP contribution in [0.4, 0.5) is 0 Å². The molecule has 3 N–H and O–H groups in total. The molecule has 21 heavy (non-hydrogen) atoms. The number of nitrogens with zero attached hydrogens (tertiary/aromatic N) is 2. The van der Waals surface area contributed by atoms with E-state index >= 15 is 0 Å². The molecule has 0 saturated heterocycles. The third-order valence-electron chi connectivity index (χ3n) is 2.98. The predicted octanol–water partition coefficient (Wildman–Crippen LogP) is 0.964. The maximum atomic E-state index is 12.4. The Morgan fingerprint density at radius 2 is 2.10 bits per heavy atom. The number of H-pyrrole nitrogens is 1. The summed E-state index contributed by atoms with van der Waals surface area (Å²) in [6.07, 6.45) is 1.32. The maximum Gasteiger partial charge on any atom is 0.241 e. The highest BCUT2D eigenvalue weighted by Gasteiger charge is 2.19. The summed E-state index contributed by atoms with van der Waals surface area (Å²) in [6.45, 7) is 2.33. The van der Waals surface area contributed by atoms with E-state index in [1.807, 2.05) is 0 Å². The van der Waals surface area contributed by atoms with Gasteiger partial charge < -0.3 is 5.32 Å². The molecule has 0 unspecified atom stereocenters. The van der Waals surface area contributed by atoms with Crippen molar-refractivity contribution in [2.24, 2.45) is 0 Å². The normalized spacial score (nSPS) is 11.8. The number of sulfonamides is 1. The molecule has 0 radical (unpaired) electrons. The first-order chi connectivity index (χ1) is 9.94. The molecule has 1 heterocycles. The van der Waals surface area contributed by atoms with E-state index < -0.39 is 10.0 Å². The molecular formula is C12H16ClN5O2S. The van der Waals surface area contributed by atoms with Crippen LogP contribution in [0.2, 0.25) is 5.02 Å². The number of halogens is 1. The summed E-state index contributed by atoms with van der Waals surface area (Å²) in [5, 5.41) is 9.63. The number of hydrogen-bond acceptors (Lipinski definition) is 5. The van der Waals surface area contributed by atoms with Gasteiger partial charge in [-0.05, 0) is 37.2 Å². The Labute approximate surface area is 128 Å². The SMILES string of the molecule is CNCc1cc(Cl)cc(S(=O)(=O)NCc2ncn[nH]2)c1C. The molecule has 9 heteroatoms. The minimum Gasteiger partial charge on any atom is -0.316 e. The van der Waals surface area contributed by atoms with Crippen molar-refractivity contribution in [3.8, 4) is 0 Å². The van der Waals surface area contributed by atoms with E-state index in [2.05, 4.69) is 25.2 Å². The Morgan fingerprint density at radius 1 is 1.33 bits per heavy atom. The van der Waals surface area contributed by atoms with Crippen molar-refractivity contribution < 1.29 is 8.42 Å². The molecule has 0 amide bonds. The molecule has 1 aromatic heterocycles. The second kappa shape index (κ2) is 6.52. The van der Waals surface area contributed by atoms with Gasteiger partial charge in [-0.2, -0.15) is 5.10 Å². The van der Waals surface area contributed by atoms with Crippen molar-refractivity contribution in [2.45, 2.75) is 24.9 Å².